The van der Waals surface area contributed by atoms with E-state index >= 15 is 0 Å². The zero-order chi connectivity index (χ0) is 45.7. The van der Waals surface area contributed by atoms with Gasteiger partial charge in [-0.2, -0.15) is 0 Å². The van der Waals surface area contributed by atoms with Crippen LogP contribution in [0.2, 0.25) is 0 Å². The highest BCUT2D eigenvalue weighted by Crippen LogP contribution is 2.40. The highest BCUT2D eigenvalue weighted by Gasteiger charge is 2.10. The molecule has 6 aromatic rings. The molecule has 356 valence electrons. The summed E-state index contributed by atoms with van der Waals surface area (Å²) >= 11 is 7.83. The van der Waals surface area contributed by atoms with Crippen LogP contribution in [0.25, 0.3) is 52.5 Å². The molecule has 0 atom stereocenters. The van der Waals surface area contributed by atoms with Crippen molar-refractivity contribution in [2.24, 2.45) is 0 Å². The lowest BCUT2D eigenvalue weighted by molar-refractivity contribution is 0.536. The van der Waals surface area contributed by atoms with E-state index in [9.17, 15) is 0 Å². The van der Waals surface area contributed by atoms with E-state index in [0.29, 0.717) is 0 Å². The van der Waals surface area contributed by atoms with Gasteiger partial charge in [-0.25, -0.2) is 0 Å². The molecule has 0 radical (unpaired) electrons. The van der Waals surface area contributed by atoms with Crippen LogP contribution >= 0.6 is 45.3 Å². The number of hydrogen-bond acceptors (Lipinski definition) is 4. The predicted octanol–water partition coefficient (Wildman–Crippen LogP) is 22.8. The predicted molar refractivity (Wildman–Crippen MR) is 303 cm³/mol. The Bertz CT molecular complexity index is 2000. The molecule has 66 heavy (non-hydrogen) atoms. The summed E-state index contributed by atoms with van der Waals surface area (Å²) in [5.74, 6) is 0. The third kappa shape index (κ3) is 19.5. The SMILES string of the molecule is CCCCCCCCCCCCCCCCc1ccc(-c2ccc(-c3ccc(/C=C/c4ccc(-c5ccc(-c6ccc(CCCCCCCCCCCCCCCC)s6)s5)cc4)cc3)s2)s1. The van der Waals surface area contributed by atoms with Crippen LogP contribution in [0.1, 0.15) is 215 Å². The highest BCUT2D eigenvalue weighted by molar-refractivity contribution is 7.24. The Morgan fingerprint density at radius 2 is 0.515 bits per heavy atom. The molecule has 0 saturated carbocycles. The van der Waals surface area contributed by atoms with E-state index in [-0.39, 0.29) is 0 Å². The summed E-state index contributed by atoms with van der Waals surface area (Å²) < 4.78 is 0. The molecule has 0 aliphatic carbocycles. The summed E-state index contributed by atoms with van der Waals surface area (Å²) in [5.41, 5.74) is 5.05. The van der Waals surface area contributed by atoms with Crippen LogP contribution in [-0.4, -0.2) is 0 Å². The van der Waals surface area contributed by atoms with Crippen molar-refractivity contribution in [3.63, 3.8) is 0 Å². The first-order valence-corrected chi connectivity index (χ1v) is 30.2. The summed E-state index contributed by atoms with van der Waals surface area (Å²) in [6.07, 6.45) is 46.7. The molecule has 0 fully saturated rings. The number of benzene rings is 2. The standard InChI is InChI=1S/C62H84S4/c1-3-5-7-9-11-13-15-17-19-21-23-25-27-29-31-55-43-45-59(63-55)61-49-47-57(65-61)53-39-35-51(36-40-53)33-34-52-37-41-54(42-38-52)58-48-50-62(66-58)60-46-44-56(64-60)32-30-28-26-24-22-20-18-16-14-12-10-8-6-4-2/h33-50H,3-32H2,1-2H3/b34-33+. The van der Waals surface area contributed by atoms with E-state index < -0.39 is 0 Å². The summed E-state index contributed by atoms with van der Waals surface area (Å²) in [4.78, 5) is 11.4. The van der Waals surface area contributed by atoms with E-state index in [4.69, 9.17) is 0 Å². The second-order valence-electron chi connectivity index (χ2n) is 19.1. The van der Waals surface area contributed by atoms with Gasteiger partial charge in [0.2, 0.25) is 0 Å². The molecule has 4 heteroatoms. The Balaban J connectivity index is 0.841. The normalized spacial score (nSPS) is 11.7. The van der Waals surface area contributed by atoms with Crippen molar-refractivity contribution >= 4 is 57.5 Å². The second kappa shape index (κ2) is 31.9. The van der Waals surface area contributed by atoms with Crippen molar-refractivity contribution in [1.82, 2.24) is 0 Å². The van der Waals surface area contributed by atoms with E-state index in [1.54, 1.807) is 0 Å². The lowest BCUT2D eigenvalue weighted by Crippen LogP contribution is -1.84. The summed E-state index contributed by atoms with van der Waals surface area (Å²) in [5, 5.41) is 0. The van der Waals surface area contributed by atoms with Gasteiger partial charge in [0.25, 0.3) is 0 Å². The molecule has 0 spiro atoms. The van der Waals surface area contributed by atoms with Gasteiger partial charge in [-0.3, -0.25) is 0 Å². The van der Waals surface area contributed by atoms with Crippen molar-refractivity contribution in [2.45, 2.75) is 206 Å². The topological polar surface area (TPSA) is 0 Å². The van der Waals surface area contributed by atoms with Gasteiger partial charge >= 0.3 is 0 Å². The summed E-state index contributed by atoms with van der Waals surface area (Å²) in [6, 6.07) is 36.8. The van der Waals surface area contributed by atoms with Crippen molar-refractivity contribution in [3.05, 3.63) is 118 Å². The third-order valence-corrected chi connectivity index (χ3v) is 18.4. The molecule has 0 aliphatic heterocycles. The molecule has 0 nitrogen and oxygen atoms in total. The number of thiophene rings is 4. The van der Waals surface area contributed by atoms with Crippen LogP contribution in [-0.2, 0) is 12.8 Å². The van der Waals surface area contributed by atoms with Crippen molar-refractivity contribution in [3.8, 4) is 40.4 Å². The van der Waals surface area contributed by atoms with Gasteiger partial charge in [0.05, 0.1) is 0 Å². The first kappa shape index (κ1) is 52.4. The van der Waals surface area contributed by atoms with Crippen LogP contribution < -0.4 is 0 Å². The quantitative estimate of drug-likeness (QED) is 0.0272. The zero-order valence-electron chi connectivity index (χ0n) is 41.2. The van der Waals surface area contributed by atoms with Crippen LogP contribution in [0.4, 0.5) is 0 Å². The van der Waals surface area contributed by atoms with Gasteiger partial charge in [-0.05, 0) is 96.5 Å². The van der Waals surface area contributed by atoms with Crippen molar-refractivity contribution < 1.29 is 0 Å². The van der Waals surface area contributed by atoms with Crippen LogP contribution in [0, 0.1) is 0 Å². The maximum atomic E-state index is 2.37. The Kier molecular flexibility index (Phi) is 25.3. The van der Waals surface area contributed by atoms with Crippen LogP contribution in [0.5, 0.6) is 0 Å². The zero-order valence-corrected chi connectivity index (χ0v) is 44.5. The van der Waals surface area contributed by atoms with E-state index in [1.165, 1.54) is 254 Å². The molecule has 0 bridgehead atoms. The van der Waals surface area contributed by atoms with Gasteiger partial charge in [0, 0.05) is 39.0 Å². The minimum atomic E-state index is 1.23. The smallest absolute Gasteiger partial charge is 0.0449 e. The average molecular weight is 958 g/mol. The maximum absolute atomic E-state index is 2.37. The molecule has 2 aromatic carbocycles. The van der Waals surface area contributed by atoms with Crippen LogP contribution in [0.15, 0.2) is 97.1 Å². The van der Waals surface area contributed by atoms with E-state index in [1.807, 2.05) is 45.3 Å². The molecule has 0 saturated heterocycles. The van der Waals surface area contributed by atoms with Gasteiger partial charge in [-0.15, -0.1) is 45.3 Å². The first-order valence-electron chi connectivity index (χ1n) is 27.0. The lowest BCUT2D eigenvalue weighted by Gasteiger charge is -2.03. The van der Waals surface area contributed by atoms with Crippen molar-refractivity contribution in [2.75, 3.05) is 0 Å². The van der Waals surface area contributed by atoms with Crippen LogP contribution in [0.3, 0.4) is 0 Å². The molecule has 0 unspecified atom stereocenters. The summed E-state index contributed by atoms with van der Waals surface area (Å²) in [7, 11) is 0. The van der Waals surface area contributed by atoms with Gasteiger partial charge < -0.3 is 0 Å². The Morgan fingerprint density at radius 3 is 0.833 bits per heavy atom. The molecule has 4 heterocycles. The van der Waals surface area contributed by atoms with E-state index in [2.05, 4.69) is 123 Å². The first-order chi connectivity index (χ1) is 32.7. The lowest BCUT2D eigenvalue weighted by atomic mass is 10.0. The second-order valence-corrected chi connectivity index (χ2v) is 23.6. The van der Waals surface area contributed by atoms with E-state index in [0.717, 1.165) is 0 Å². The van der Waals surface area contributed by atoms with Gasteiger partial charge in [0.1, 0.15) is 0 Å². The van der Waals surface area contributed by atoms with Gasteiger partial charge in [0.15, 0.2) is 0 Å². The fraction of sp³-hybridized carbons (Fsp3) is 0.516. The largest absolute Gasteiger partial charge is 0.139 e. The Hall–Kier alpha value is -3.02. The summed E-state index contributed by atoms with van der Waals surface area (Å²) in [6.45, 7) is 4.61. The Labute approximate surface area is 419 Å². The molecule has 4 aromatic heterocycles. The molecule has 0 N–H and O–H groups in total. The average Bonchev–Trinajstić information content (AvgIpc) is 4.20. The molecule has 6 rings (SSSR count). The molecule has 0 aliphatic rings. The minimum absolute atomic E-state index is 1.23. The Morgan fingerprint density at radius 1 is 0.258 bits per heavy atom. The minimum Gasteiger partial charge on any atom is -0.139 e. The molecular formula is C62H84S4. The van der Waals surface area contributed by atoms with Gasteiger partial charge in [-0.1, -0.05) is 241 Å². The molecule has 0 amide bonds. The maximum Gasteiger partial charge on any atom is 0.0449 e. The number of aryl methyl sites for hydroxylation is 2. The fourth-order valence-corrected chi connectivity index (χ4v) is 13.5. The monoisotopic (exact) mass is 957 g/mol. The molecular weight excluding hydrogens is 873 g/mol. The third-order valence-electron chi connectivity index (χ3n) is 13.4. The number of unbranched alkanes of at least 4 members (excludes halogenated alkanes) is 26. The van der Waals surface area contributed by atoms with Crippen molar-refractivity contribution in [1.29, 1.82) is 0 Å². The highest BCUT2D eigenvalue weighted by atomic mass is 32.1. The number of hydrogen-bond donors (Lipinski definition) is 0. The fourth-order valence-electron chi connectivity index (χ4n) is 9.24. The number of rotatable bonds is 36.